The van der Waals surface area contributed by atoms with Gasteiger partial charge in [0.2, 0.25) is 5.91 Å². The summed E-state index contributed by atoms with van der Waals surface area (Å²) in [6, 6.07) is 8.93. The molecule has 108 valence electrons. The molecule has 0 bridgehead atoms. The van der Waals surface area contributed by atoms with Gasteiger partial charge < -0.3 is 5.32 Å². The number of hydrogen-bond acceptors (Lipinski definition) is 3. The van der Waals surface area contributed by atoms with Gasteiger partial charge in [-0.25, -0.2) is 5.01 Å². The molecule has 2 heterocycles. The number of fused-ring (bicyclic) bond motifs is 1. The van der Waals surface area contributed by atoms with E-state index < -0.39 is 0 Å². The first-order valence-electron chi connectivity index (χ1n) is 7.58. The van der Waals surface area contributed by atoms with Gasteiger partial charge in [0.05, 0.1) is 5.92 Å². The van der Waals surface area contributed by atoms with Crippen LogP contribution in [0.25, 0.3) is 0 Å². The third kappa shape index (κ3) is 2.40. The van der Waals surface area contributed by atoms with Crippen LogP contribution < -0.4 is 10.7 Å². The van der Waals surface area contributed by atoms with Crippen LogP contribution in [0.2, 0.25) is 0 Å². The van der Waals surface area contributed by atoms with E-state index in [9.17, 15) is 4.79 Å². The quantitative estimate of drug-likeness (QED) is 0.870. The van der Waals surface area contributed by atoms with E-state index in [1.54, 1.807) is 0 Å². The molecule has 1 amide bonds. The van der Waals surface area contributed by atoms with Crippen LogP contribution in [0.4, 0.5) is 5.69 Å². The van der Waals surface area contributed by atoms with Gasteiger partial charge in [0.15, 0.2) is 0 Å². The predicted octanol–water partition coefficient (Wildman–Crippen LogP) is 2.49. The Labute approximate surface area is 120 Å². The lowest BCUT2D eigenvalue weighted by Crippen LogP contribution is -2.55. The molecule has 3 rings (SSSR count). The van der Waals surface area contributed by atoms with Crippen molar-refractivity contribution in [3.63, 3.8) is 0 Å². The van der Waals surface area contributed by atoms with Crippen molar-refractivity contribution in [3.8, 4) is 0 Å². The number of carbonyl (C=O) groups is 1. The summed E-state index contributed by atoms with van der Waals surface area (Å²) in [4.78, 5) is 12.6. The van der Waals surface area contributed by atoms with Crippen LogP contribution in [0.15, 0.2) is 24.3 Å². The smallest absolute Gasteiger partial charge is 0.243 e. The molecule has 4 nitrogen and oxygen atoms in total. The lowest BCUT2D eigenvalue weighted by Gasteiger charge is -2.39. The summed E-state index contributed by atoms with van der Waals surface area (Å²) in [5.74, 6) is 0.0376. The number of carbonyl (C=O) groups excluding carboxylic acids is 1. The second-order valence-corrected chi connectivity index (χ2v) is 6.03. The zero-order chi connectivity index (χ0) is 14.1. The van der Waals surface area contributed by atoms with Crippen LogP contribution in [0.3, 0.4) is 0 Å². The summed E-state index contributed by atoms with van der Waals surface area (Å²) < 4.78 is 0. The number of amides is 1. The van der Waals surface area contributed by atoms with E-state index in [0.29, 0.717) is 18.6 Å². The van der Waals surface area contributed by atoms with Gasteiger partial charge in [-0.1, -0.05) is 24.6 Å². The average Bonchev–Trinajstić information content (AvgIpc) is 2.87. The average molecular weight is 273 g/mol. The molecule has 0 aromatic heterocycles. The number of para-hydroxylation sites is 1. The van der Waals surface area contributed by atoms with E-state index in [-0.39, 0.29) is 11.8 Å². The Bertz CT molecular complexity index is 492. The van der Waals surface area contributed by atoms with Crippen molar-refractivity contribution in [1.82, 2.24) is 10.4 Å². The normalized spacial score (nSPS) is 29.6. The predicted molar refractivity (Wildman–Crippen MR) is 80.4 cm³/mol. The van der Waals surface area contributed by atoms with Crippen molar-refractivity contribution in [2.45, 2.75) is 51.1 Å². The standard InChI is InChI=1S/C16H23N3O/c1-11-6-5-7-12(2)19(11)18-16(20)14-10-17-15-9-4-3-8-13(14)15/h3-4,8-9,11-12,14,17H,5-7,10H2,1-2H3,(H,18,20). The molecule has 2 aliphatic rings. The van der Waals surface area contributed by atoms with Gasteiger partial charge >= 0.3 is 0 Å². The van der Waals surface area contributed by atoms with E-state index >= 15 is 0 Å². The second-order valence-electron chi connectivity index (χ2n) is 6.03. The molecule has 0 aliphatic carbocycles. The van der Waals surface area contributed by atoms with Crippen molar-refractivity contribution in [2.24, 2.45) is 0 Å². The summed E-state index contributed by atoms with van der Waals surface area (Å²) in [7, 11) is 0. The van der Waals surface area contributed by atoms with E-state index in [1.807, 2.05) is 24.3 Å². The molecule has 2 aliphatic heterocycles. The van der Waals surface area contributed by atoms with E-state index in [2.05, 4.69) is 29.6 Å². The second kappa shape index (κ2) is 5.44. The van der Waals surface area contributed by atoms with Crippen LogP contribution in [-0.4, -0.2) is 29.5 Å². The molecule has 1 saturated heterocycles. The zero-order valence-corrected chi connectivity index (χ0v) is 12.2. The number of nitrogens with one attached hydrogen (secondary N) is 2. The number of hydrazine groups is 1. The van der Waals surface area contributed by atoms with Crippen molar-refractivity contribution >= 4 is 11.6 Å². The van der Waals surface area contributed by atoms with Crippen LogP contribution in [-0.2, 0) is 4.79 Å². The molecule has 0 radical (unpaired) electrons. The summed E-state index contributed by atoms with van der Waals surface area (Å²) >= 11 is 0. The van der Waals surface area contributed by atoms with Crippen LogP contribution >= 0.6 is 0 Å². The van der Waals surface area contributed by atoms with Gasteiger partial charge in [-0.3, -0.25) is 10.2 Å². The van der Waals surface area contributed by atoms with Crippen LogP contribution in [0.1, 0.15) is 44.6 Å². The van der Waals surface area contributed by atoms with Crippen molar-refractivity contribution in [1.29, 1.82) is 0 Å². The Balaban J connectivity index is 1.71. The minimum absolute atomic E-state index is 0.0764. The van der Waals surface area contributed by atoms with Gasteiger partial charge in [-0.2, -0.15) is 0 Å². The van der Waals surface area contributed by atoms with Crippen molar-refractivity contribution in [3.05, 3.63) is 29.8 Å². The summed E-state index contributed by atoms with van der Waals surface area (Å²) in [5.41, 5.74) is 5.36. The fourth-order valence-corrected chi connectivity index (χ4v) is 3.36. The number of anilines is 1. The first kappa shape index (κ1) is 13.4. The van der Waals surface area contributed by atoms with Crippen molar-refractivity contribution < 1.29 is 4.79 Å². The van der Waals surface area contributed by atoms with Gasteiger partial charge in [0.1, 0.15) is 0 Å². The first-order valence-corrected chi connectivity index (χ1v) is 7.58. The Kier molecular flexibility index (Phi) is 3.66. The third-order valence-electron chi connectivity index (χ3n) is 4.58. The lowest BCUT2D eigenvalue weighted by atomic mass is 9.98. The summed E-state index contributed by atoms with van der Waals surface area (Å²) in [6.45, 7) is 5.08. The highest BCUT2D eigenvalue weighted by Gasteiger charge is 2.32. The van der Waals surface area contributed by atoms with Gasteiger partial charge in [-0.15, -0.1) is 0 Å². The van der Waals surface area contributed by atoms with Crippen LogP contribution in [0, 0.1) is 0 Å². The molecule has 4 heteroatoms. The zero-order valence-electron chi connectivity index (χ0n) is 12.2. The van der Waals surface area contributed by atoms with Crippen molar-refractivity contribution in [2.75, 3.05) is 11.9 Å². The fraction of sp³-hybridized carbons (Fsp3) is 0.562. The maximum Gasteiger partial charge on any atom is 0.243 e. The summed E-state index contributed by atoms with van der Waals surface area (Å²) in [5, 5.41) is 5.46. The topological polar surface area (TPSA) is 44.4 Å². The first-order chi connectivity index (χ1) is 9.66. The Morgan fingerprint density at radius 1 is 1.25 bits per heavy atom. The Hall–Kier alpha value is -1.55. The summed E-state index contributed by atoms with van der Waals surface area (Å²) in [6.07, 6.45) is 3.57. The van der Waals surface area contributed by atoms with Gasteiger partial charge in [0.25, 0.3) is 0 Å². The highest BCUT2D eigenvalue weighted by atomic mass is 16.2. The van der Waals surface area contributed by atoms with Crippen LogP contribution in [0.5, 0.6) is 0 Å². The SMILES string of the molecule is CC1CCCC(C)N1NC(=O)C1CNc2ccccc21. The maximum atomic E-state index is 12.6. The Morgan fingerprint density at radius 3 is 2.70 bits per heavy atom. The minimum atomic E-state index is -0.0764. The molecule has 3 atom stereocenters. The fourth-order valence-electron chi connectivity index (χ4n) is 3.36. The Morgan fingerprint density at radius 2 is 1.95 bits per heavy atom. The molecule has 2 N–H and O–H groups in total. The van der Waals surface area contributed by atoms with E-state index in [1.165, 1.54) is 6.42 Å². The molecule has 3 unspecified atom stereocenters. The number of rotatable bonds is 2. The number of nitrogens with zero attached hydrogens (tertiary/aromatic N) is 1. The molecule has 20 heavy (non-hydrogen) atoms. The lowest BCUT2D eigenvalue weighted by molar-refractivity contribution is -0.130. The van der Waals surface area contributed by atoms with Gasteiger partial charge in [0, 0.05) is 24.3 Å². The van der Waals surface area contributed by atoms with E-state index in [4.69, 9.17) is 0 Å². The highest BCUT2D eigenvalue weighted by Crippen LogP contribution is 2.31. The molecule has 0 spiro atoms. The minimum Gasteiger partial charge on any atom is -0.384 e. The van der Waals surface area contributed by atoms with E-state index in [0.717, 1.165) is 24.1 Å². The highest BCUT2D eigenvalue weighted by molar-refractivity contribution is 5.87. The third-order valence-corrected chi connectivity index (χ3v) is 4.58. The maximum absolute atomic E-state index is 12.6. The van der Waals surface area contributed by atoms with Gasteiger partial charge in [-0.05, 0) is 38.3 Å². The molecule has 0 saturated carbocycles. The molecule has 1 fully saturated rings. The molecule has 1 aromatic rings. The monoisotopic (exact) mass is 273 g/mol. The number of benzene rings is 1. The number of piperidine rings is 1. The largest absolute Gasteiger partial charge is 0.384 e. The molecular weight excluding hydrogens is 250 g/mol. The molecular formula is C16H23N3O. The number of hydrogen-bond donors (Lipinski definition) is 2. The molecule has 1 aromatic carbocycles.